The molecule has 7 heteroatoms. The van der Waals surface area contributed by atoms with E-state index in [1.807, 2.05) is 23.3 Å². The number of aryl methyl sites for hydroxylation is 1. The minimum absolute atomic E-state index is 0.0145. The van der Waals surface area contributed by atoms with Crippen molar-refractivity contribution in [2.24, 2.45) is 4.99 Å². The quantitative estimate of drug-likeness (QED) is 0.642. The minimum Gasteiger partial charge on any atom is -0.351 e. The third-order valence-electron chi connectivity index (χ3n) is 5.37. The Kier molecular flexibility index (Phi) is 6.53. The van der Waals surface area contributed by atoms with Crippen molar-refractivity contribution in [1.82, 2.24) is 20.0 Å². The van der Waals surface area contributed by atoms with E-state index in [-0.39, 0.29) is 6.04 Å². The fourth-order valence-electron chi connectivity index (χ4n) is 3.76. The van der Waals surface area contributed by atoms with Gasteiger partial charge in [0.2, 0.25) is 5.91 Å². The first kappa shape index (κ1) is 19.2. The molecular formula is C19H31N5OS. The maximum atomic E-state index is 12.6. The van der Waals surface area contributed by atoms with E-state index in [0.717, 1.165) is 64.6 Å². The van der Waals surface area contributed by atoms with Gasteiger partial charge in [-0.25, -0.2) is 0 Å². The molecule has 0 saturated carbocycles. The summed E-state index contributed by atoms with van der Waals surface area (Å²) < 4.78 is 0. The van der Waals surface area contributed by atoms with Gasteiger partial charge in [0.05, 0.1) is 12.6 Å². The first-order chi connectivity index (χ1) is 12.6. The zero-order chi connectivity index (χ0) is 18.5. The highest BCUT2D eigenvalue weighted by Crippen LogP contribution is 2.16. The summed E-state index contributed by atoms with van der Waals surface area (Å²) in [7, 11) is 1.84. The molecule has 26 heavy (non-hydrogen) atoms. The maximum Gasteiger partial charge on any atom is 0.239 e. The molecule has 3 rings (SSSR count). The molecule has 0 spiro atoms. The Hall–Kier alpha value is -1.60. The van der Waals surface area contributed by atoms with Crippen LogP contribution in [0.2, 0.25) is 0 Å². The second kappa shape index (κ2) is 8.86. The van der Waals surface area contributed by atoms with Crippen LogP contribution < -0.4 is 5.32 Å². The number of thiophene rings is 1. The van der Waals surface area contributed by atoms with E-state index in [1.54, 1.807) is 0 Å². The van der Waals surface area contributed by atoms with Crippen molar-refractivity contribution < 1.29 is 4.79 Å². The number of carbonyl (C=O) groups is 1. The lowest BCUT2D eigenvalue weighted by Crippen LogP contribution is -2.57. The highest BCUT2D eigenvalue weighted by Gasteiger charge is 2.30. The third-order valence-corrected chi connectivity index (χ3v) is 6.37. The number of piperazine rings is 1. The minimum atomic E-state index is -0.0145. The van der Waals surface area contributed by atoms with E-state index >= 15 is 0 Å². The Morgan fingerprint density at radius 3 is 2.42 bits per heavy atom. The monoisotopic (exact) mass is 377 g/mol. The van der Waals surface area contributed by atoms with Crippen LogP contribution in [0.4, 0.5) is 0 Å². The fourth-order valence-corrected chi connectivity index (χ4v) is 4.59. The second-order valence-electron chi connectivity index (χ2n) is 7.14. The summed E-state index contributed by atoms with van der Waals surface area (Å²) in [4.78, 5) is 26.4. The second-order valence-corrected chi connectivity index (χ2v) is 8.52. The van der Waals surface area contributed by atoms with Crippen LogP contribution in [0, 0.1) is 6.92 Å². The molecule has 0 bridgehead atoms. The zero-order valence-corrected chi connectivity index (χ0v) is 17.0. The van der Waals surface area contributed by atoms with Crippen LogP contribution in [-0.4, -0.2) is 78.9 Å². The lowest BCUT2D eigenvalue weighted by atomic mass is 10.2. The van der Waals surface area contributed by atoms with Gasteiger partial charge in [-0.2, -0.15) is 0 Å². The Morgan fingerprint density at radius 2 is 1.85 bits per heavy atom. The van der Waals surface area contributed by atoms with Gasteiger partial charge in [0.1, 0.15) is 0 Å². The molecule has 2 aliphatic heterocycles. The maximum absolute atomic E-state index is 12.6. The normalized spacial score (nSPS) is 20.5. The van der Waals surface area contributed by atoms with Crippen LogP contribution in [0.1, 0.15) is 29.5 Å². The van der Waals surface area contributed by atoms with Crippen LogP contribution in [0.25, 0.3) is 0 Å². The van der Waals surface area contributed by atoms with Crippen molar-refractivity contribution in [3.05, 3.63) is 21.9 Å². The van der Waals surface area contributed by atoms with Crippen molar-refractivity contribution in [3.8, 4) is 0 Å². The lowest BCUT2D eigenvalue weighted by Gasteiger charge is -2.39. The Balaban J connectivity index is 1.47. The molecule has 2 saturated heterocycles. The van der Waals surface area contributed by atoms with Crippen molar-refractivity contribution in [2.75, 3.05) is 46.3 Å². The molecule has 2 fully saturated rings. The molecule has 1 aromatic heterocycles. The van der Waals surface area contributed by atoms with Crippen LogP contribution in [0.5, 0.6) is 0 Å². The molecule has 2 aliphatic rings. The smallest absolute Gasteiger partial charge is 0.239 e. The van der Waals surface area contributed by atoms with Crippen LogP contribution in [0.15, 0.2) is 17.1 Å². The topological polar surface area (TPSA) is 51.2 Å². The molecule has 1 unspecified atom stereocenters. The predicted octanol–water partition coefficient (Wildman–Crippen LogP) is 1.76. The van der Waals surface area contributed by atoms with Gasteiger partial charge in [-0.15, -0.1) is 11.3 Å². The first-order valence-electron chi connectivity index (χ1n) is 9.62. The Bertz CT molecular complexity index is 630. The summed E-state index contributed by atoms with van der Waals surface area (Å²) in [6.45, 7) is 10.5. The summed E-state index contributed by atoms with van der Waals surface area (Å²) in [5.74, 6) is 1.25. The van der Waals surface area contributed by atoms with Crippen LogP contribution in [-0.2, 0) is 11.3 Å². The number of hydrogen-bond acceptors (Lipinski definition) is 4. The van der Waals surface area contributed by atoms with E-state index in [4.69, 9.17) is 0 Å². The van der Waals surface area contributed by atoms with Crippen LogP contribution >= 0.6 is 11.3 Å². The number of nitrogens with zero attached hydrogens (tertiary/aromatic N) is 4. The van der Waals surface area contributed by atoms with E-state index in [0.29, 0.717) is 5.91 Å². The molecule has 0 radical (unpaired) electrons. The molecule has 1 amide bonds. The SMILES string of the molecule is CN=C(NCc1ccc(C)s1)N1CCN(C(C)C(=O)N2CCCC2)CC1. The standard InChI is InChI=1S/C19H31N5OS/c1-15-6-7-17(26-15)14-21-19(20-3)24-12-10-22(11-13-24)16(2)18(25)23-8-4-5-9-23/h6-7,16H,4-5,8-14H2,1-3H3,(H,20,21). The van der Waals surface area contributed by atoms with E-state index in [1.165, 1.54) is 9.75 Å². The molecule has 1 atom stereocenters. The van der Waals surface area contributed by atoms with Crippen molar-refractivity contribution >= 4 is 23.2 Å². The predicted molar refractivity (Wildman–Crippen MR) is 108 cm³/mol. The summed E-state index contributed by atoms with van der Waals surface area (Å²) in [5, 5.41) is 3.47. The molecule has 1 N–H and O–H groups in total. The molecule has 1 aromatic rings. The highest BCUT2D eigenvalue weighted by molar-refractivity contribution is 7.11. The number of hydrogen-bond donors (Lipinski definition) is 1. The molecule has 0 aliphatic carbocycles. The first-order valence-corrected chi connectivity index (χ1v) is 10.4. The van der Waals surface area contributed by atoms with Crippen molar-refractivity contribution in [3.63, 3.8) is 0 Å². The molecule has 144 valence electrons. The fraction of sp³-hybridized carbons (Fsp3) is 0.684. The van der Waals surface area contributed by atoms with Gasteiger partial charge in [0, 0.05) is 56.1 Å². The number of aliphatic imine (C=N–C) groups is 1. The number of carbonyl (C=O) groups excluding carboxylic acids is 1. The van der Waals surface area contributed by atoms with Gasteiger partial charge in [-0.3, -0.25) is 14.7 Å². The van der Waals surface area contributed by atoms with Crippen molar-refractivity contribution in [2.45, 2.75) is 39.3 Å². The molecule has 6 nitrogen and oxygen atoms in total. The zero-order valence-electron chi connectivity index (χ0n) is 16.2. The summed E-state index contributed by atoms with van der Waals surface area (Å²) in [5.41, 5.74) is 0. The number of rotatable bonds is 4. The molecular weight excluding hydrogens is 346 g/mol. The number of nitrogens with one attached hydrogen (secondary N) is 1. The Morgan fingerprint density at radius 1 is 1.15 bits per heavy atom. The average molecular weight is 378 g/mol. The largest absolute Gasteiger partial charge is 0.351 e. The summed E-state index contributed by atoms with van der Waals surface area (Å²) >= 11 is 1.82. The average Bonchev–Trinajstić information content (AvgIpc) is 3.33. The summed E-state index contributed by atoms with van der Waals surface area (Å²) in [6, 6.07) is 4.31. The van der Waals surface area contributed by atoms with E-state index in [9.17, 15) is 4.79 Å². The van der Waals surface area contributed by atoms with Gasteiger partial charge >= 0.3 is 0 Å². The van der Waals surface area contributed by atoms with E-state index < -0.39 is 0 Å². The highest BCUT2D eigenvalue weighted by atomic mass is 32.1. The van der Waals surface area contributed by atoms with Gasteiger partial charge in [-0.05, 0) is 38.8 Å². The number of likely N-dealkylation sites (tertiary alicyclic amines) is 1. The van der Waals surface area contributed by atoms with Gasteiger partial charge < -0.3 is 15.1 Å². The summed E-state index contributed by atoms with van der Waals surface area (Å²) in [6.07, 6.45) is 2.30. The van der Waals surface area contributed by atoms with Gasteiger partial charge in [0.25, 0.3) is 0 Å². The molecule has 0 aromatic carbocycles. The van der Waals surface area contributed by atoms with Gasteiger partial charge in [0.15, 0.2) is 5.96 Å². The van der Waals surface area contributed by atoms with Crippen LogP contribution in [0.3, 0.4) is 0 Å². The number of amides is 1. The molecule has 3 heterocycles. The van der Waals surface area contributed by atoms with Gasteiger partial charge in [-0.1, -0.05) is 0 Å². The Labute approximate surface area is 160 Å². The third kappa shape index (κ3) is 4.57. The van der Waals surface area contributed by atoms with Crippen molar-refractivity contribution in [1.29, 1.82) is 0 Å². The number of guanidine groups is 1. The van der Waals surface area contributed by atoms with E-state index in [2.05, 4.69) is 46.1 Å². The lowest BCUT2D eigenvalue weighted by molar-refractivity contribution is -0.135.